The van der Waals surface area contributed by atoms with Gasteiger partial charge in [-0.25, -0.2) is 0 Å². The van der Waals surface area contributed by atoms with E-state index in [0.717, 1.165) is 25.9 Å². The summed E-state index contributed by atoms with van der Waals surface area (Å²) in [7, 11) is 0. The van der Waals surface area contributed by atoms with Crippen LogP contribution in [0.2, 0.25) is 0 Å². The summed E-state index contributed by atoms with van der Waals surface area (Å²) in [6.07, 6.45) is -2.95. The molecule has 1 aliphatic heterocycles. The van der Waals surface area contributed by atoms with E-state index in [9.17, 15) is 18.0 Å². The van der Waals surface area contributed by atoms with E-state index >= 15 is 0 Å². The quantitative estimate of drug-likeness (QED) is 0.778. The number of amides is 1. The fraction of sp³-hybridized carbons (Fsp3) is 0.900. The number of hydrogen-bond acceptors (Lipinski definition) is 2. The summed E-state index contributed by atoms with van der Waals surface area (Å²) in [4.78, 5) is 11.3. The van der Waals surface area contributed by atoms with Gasteiger partial charge in [-0.3, -0.25) is 4.79 Å². The monoisotopic (exact) mass is 238 g/mol. The molecule has 0 saturated carbocycles. The predicted molar refractivity (Wildman–Crippen MR) is 53.9 cm³/mol. The highest BCUT2D eigenvalue weighted by Crippen LogP contribution is 2.18. The number of carbonyl (C=O) groups excluding carboxylic acids is 1. The van der Waals surface area contributed by atoms with Gasteiger partial charge in [0.15, 0.2) is 0 Å². The lowest BCUT2D eigenvalue weighted by molar-refractivity contribution is -0.135. The van der Waals surface area contributed by atoms with Crippen molar-refractivity contribution in [2.75, 3.05) is 19.6 Å². The Morgan fingerprint density at radius 1 is 1.31 bits per heavy atom. The molecule has 6 heteroatoms. The zero-order chi connectivity index (χ0) is 12.0. The van der Waals surface area contributed by atoms with Crippen LogP contribution in [-0.4, -0.2) is 31.7 Å². The van der Waals surface area contributed by atoms with Crippen molar-refractivity contribution in [2.45, 2.75) is 31.9 Å². The Balaban J connectivity index is 2.10. The molecule has 94 valence electrons. The lowest BCUT2D eigenvalue weighted by Gasteiger charge is -2.21. The van der Waals surface area contributed by atoms with Crippen molar-refractivity contribution in [3.63, 3.8) is 0 Å². The van der Waals surface area contributed by atoms with Crippen molar-refractivity contribution in [1.82, 2.24) is 10.6 Å². The fourth-order valence-electron chi connectivity index (χ4n) is 1.76. The maximum Gasteiger partial charge on any atom is 0.390 e. The van der Waals surface area contributed by atoms with E-state index in [1.165, 1.54) is 0 Å². The molecule has 0 aliphatic carbocycles. The number of nitrogens with one attached hydrogen (secondary N) is 2. The first kappa shape index (κ1) is 13.3. The first-order valence-corrected chi connectivity index (χ1v) is 5.51. The van der Waals surface area contributed by atoms with Crippen LogP contribution in [0, 0.1) is 5.92 Å². The van der Waals surface area contributed by atoms with E-state index in [-0.39, 0.29) is 12.5 Å². The average molecular weight is 238 g/mol. The summed E-state index contributed by atoms with van der Waals surface area (Å²) in [5.41, 5.74) is 0. The second-order valence-corrected chi connectivity index (χ2v) is 4.11. The molecule has 0 radical (unpaired) electrons. The number of piperidine rings is 1. The van der Waals surface area contributed by atoms with Gasteiger partial charge in [0, 0.05) is 13.0 Å². The first-order valence-electron chi connectivity index (χ1n) is 5.51. The van der Waals surface area contributed by atoms with Crippen LogP contribution < -0.4 is 10.6 Å². The Morgan fingerprint density at radius 3 is 2.50 bits per heavy atom. The molecular weight excluding hydrogens is 221 g/mol. The van der Waals surface area contributed by atoms with Crippen molar-refractivity contribution in [1.29, 1.82) is 0 Å². The molecule has 0 spiro atoms. The molecule has 1 amide bonds. The van der Waals surface area contributed by atoms with Crippen molar-refractivity contribution in [3.05, 3.63) is 0 Å². The molecule has 2 N–H and O–H groups in total. The summed E-state index contributed by atoms with van der Waals surface area (Å²) in [6, 6.07) is 0. The molecule has 0 atom stereocenters. The molecule has 1 rings (SSSR count). The van der Waals surface area contributed by atoms with E-state index in [1.807, 2.05) is 0 Å². The van der Waals surface area contributed by atoms with Crippen LogP contribution in [0.15, 0.2) is 0 Å². The molecule has 0 aromatic carbocycles. The van der Waals surface area contributed by atoms with E-state index < -0.39 is 12.6 Å². The van der Waals surface area contributed by atoms with E-state index in [1.54, 1.807) is 0 Å². The van der Waals surface area contributed by atoms with E-state index in [0.29, 0.717) is 12.3 Å². The molecule has 1 fully saturated rings. The average Bonchev–Trinajstić information content (AvgIpc) is 2.17. The highest BCUT2D eigenvalue weighted by Gasteiger charge is 2.26. The van der Waals surface area contributed by atoms with Crippen LogP contribution in [0.3, 0.4) is 0 Å². The Hall–Kier alpha value is -0.780. The van der Waals surface area contributed by atoms with Gasteiger partial charge in [0.25, 0.3) is 0 Å². The van der Waals surface area contributed by atoms with Crippen LogP contribution in [0.4, 0.5) is 13.2 Å². The topological polar surface area (TPSA) is 41.1 Å². The zero-order valence-electron chi connectivity index (χ0n) is 9.07. The van der Waals surface area contributed by atoms with Gasteiger partial charge in [0.1, 0.15) is 0 Å². The third-order valence-electron chi connectivity index (χ3n) is 2.66. The van der Waals surface area contributed by atoms with Crippen molar-refractivity contribution in [3.8, 4) is 0 Å². The third-order valence-corrected chi connectivity index (χ3v) is 2.66. The lowest BCUT2D eigenvalue weighted by atomic mass is 9.94. The zero-order valence-corrected chi connectivity index (χ0v) is 9.07. The van der Waals surface area contributed by atoms with Crippen LogP contribution in [0.25, 0.3) is 0 Å². The van der Waals surface area contributed by atoms with Crippen LogP contribution in [-0.2, 0) is 4.79 Å². The van der Waals surface area contributed by atoms with Crippen molar-refractivity contribution in [2.24, 2.45) is 5.92 Å². The van der Waals surface area contributed by atoms with Crippen LogP contribution >= 0.6 is 0 Å². The largest absolute Gasteiger partial charge is 0.390 e. The number of rotatable bonds is 4. The predicted octanol–water partition coefficient (Wildman–Crippen LogP) is 1.44. The Morgan fingerprint density at radius 2 is 1.94 bits per heavy atom. The molecular formula is C10H17F3N2O. The van der Waals surface area contributed by atoms with Gasteiger partial charge in [-0.15, -0.1) is 0 Å². The fourth-order valence-corrected chi connectivity index (χ4v) is 1.76. The van der Waals surface area contributed by atoms with Gasteiger partial charge in [-0.2, -0.15) is 13.2 Å². The lowest BCUT2D eigenvalue weighted by Crippen LogP contribution is -2.33. The SMILES string of the molecule is O=C(CC1CCNCC1)NCCC(F)(F)F. The van der Waals surface area contributed by atoms with Crippen LogP contribution in [0.1, 0.15) is 25.7 Å². The summed E-state index contributed by atoms with van der Waals surface area (Å²) >= 11 is 0. The molecule has 3 nitrogen and oxygen atoms in total. The Bertz CT molecular complexity index is 225. The number of hydrogen-bond donors (Lipinski definition) is 2. The third kappa shape index (κ3) is 5.95. The van der Waals surface area contributed by atoms with Gasteiger partial charge in [0.05, 0.1) is 6.42 Å². The molecule has 0 aromatic rings. The second kappa shape index (κ2) is 6.08. The minimum atomic E-state index is -4.19. The van der Waals surface area contributed by atoms with Crippen molar-refractivity contribution >= 4 is 5.91 Å². The number of alkyl halides is 3. The molecule has 16 heavy (non-hydrogen) atoms. The number of halogens is 3. The highest BCUT2D eigenvalue weighted by molar-refractivity contribution is 5.76. The normalized spacial score (nSPS) is 18.4. The molecule has 1 aliphatic rings. The summed E-state index contributed by atoms with van der Waals surface area (Å²) in [6.45, 7) is 1.47. The standard InChI is InChI=1S/C10H17F3N2O/c11-10(12,13)3-6-15-9(16)7-8-1-4-14-5-2-8/h8,14H,1-7H2,(H,15,16). The molecule has 0 aromatic heterocycles. The molecule has 0 bridgehead atoms. The first-order chi connectivity index (χ1) is 7.47. The van der Waals surface area contributed by atoms with Gasteiger partial charge >= 0.3 is 6.18 Å². The minimum absolute atomic E-state index is 0.267. The summed E-state index contributed by atoms with van der Waals surface area (Å²) in [5.74, 6) is 0.0447. The van der Waals surface area contributed by atoms with Gasteiger partial charge in [-0.05, 0) is 31.8 Å². The second-order valence-electron chi connectivity index (χ2n) is 4.11. The van der Waals surface area contributed by atoms with Gasteiger partial charge < -0.3 is 10.6 Å². The Labute approximate surface area is 92.8 Å². The number of carbonyl (C=O) groups is 1. The maximum atomic E-state index is 11.8. The van der Waals surface area contributed by atoms with Crippen molar-refractivity contribution < 1.29 is 18.0 Å². The van der Waals surface area contributed by atoms with E-state index in [4.69, 9.17) is 0 Å². The van der Waals surface area contributed by atoms with Gasteiger partial charge in [0.2, 0.25) is 5.91 Å². The van der Waals surface area contributed by atoms with Crippen LogP contribution in [0.5, 0.6) is 0 Å². The van der Waals surface area contributed by atoms with Gasteiger partial charge in [-0.1, -0.05) is 0 Å². The highest BCUT2D eigenvalue weighted by atomic mass is 19.4. The summed E-state index contributed by atoms with van der Waals surface area (Å²) in [5, 5.41) is 5.48. The Kier molecular flexibility index (Phi) is 5.05. The minimum Gasteiger partial charge on any atom is -0.356 e. The molecule has 1 heterocycles. The summed E-state index contributed by atoms with van der Waals surface area (Å²) < 4.78 is 35.4. The van der Waals surface area contributed by atoms with E-state index in [2.05, 4.69) is 10.6 Å². The molecule has 0 unspecified atom stereocenters. The maximum absolute atomic E-state index is 11.8. The smallest absolute Gasteiger partial charge is 0.356 e. The molecule has 1 saturated heterocycles.